The highest BCUT2D eigenvalue weighted by atomic mass is 35.5. The van der Waals surface area contributed by atoms with Crippen molar-refractivity contribution in [2.24, 2.45) is 0 Å². The number of rotatable bonds is 4. The zero-order valence-corrected chi connectivity index (χ0v) is 11.9. The highest BCUT2D eigenvalue weighted by Gasteiger charge is 2.11. The average molecular weight is 296 g/mol. The first kappa shape index (κ1) is 12.8. The van der Waals surface area contributed by atoms with Gasteiger partial charge in [-0.15, -0.1) is 11.3 Å². The number of ether oxygens (including phenoxy) is 2. The maximum Gasteiger partial charge on any atom is 0.161 e. The summed E-state index contributed by atoms with van der Waals surface area (Å²) < 4.78 is 11.1. The van der Waals surface area contributed by atoms with Crippen molar-refractivity contribution < 1.29 is 9.47 Å². The Balaban J connectivity index is 1.58. The maximum atomic E-state index is 5.89. The molecule has 1 aromatic carbocycles. The summed E-state index contributed by atoms with van der Waals surface area (Å²) in [6.07, 6.45) is 0. The van der Waals surface area contributed by atoms with Crippen LogP contribution in [0.3, 0.4) is 0 Å². The molecule has 5 heteroatoms. The van der Waals surface area contributed by atoms with Gasteiger partial charge in [-0.3, -0.25) is 0 Å². The first-order chi connectivity index (χ1) is 9.31. The van der Waals surface area contributed by atoms with Crippen LogP contribution in [-0.4, -0.2) is 13.2 Å². The summed E-state index contributed by atoms with van der Waals surface area (Å²) in [7, 11) is 0. The normalized spacial score (nSPS) is 13.5. The zero-order chi connectivity index (χ0) is 13.1. The van der Waals surface area contributed by atoms with Gasteiger partial charge in [0.2, 0.25) is 0 Å². The molecule has 0 amide bonds. The van der Waals surface area contributed by atoms with Crippen LogP contribution in [0.4, 0.5) is 0 Å². The quantitative estimate of drug-likeness (QED) is 0.937. The molecule has 1 aromatic heterocycles. The predicted octanol–water partition coefficient (Wildman–Crippen LogP) is 3.46. The van der Waals surface area contributed by atoms with E-state index >= 15 is 0 Å². The third-order valence-corrected chi connectivity index (χ3v) is 4.14. The average Bonchev–Trinajstić information content (AvgIpc) is 2.84. The standard InChI is InChI=1S/C14H14ClNO2S/c15-11-6-12(19-9-11)8-16-7-10-1-2-13-14(5-10)18-4-3-17-13/h1-2,5-6,9,16H,3-4,7-8H2. The van der Waals surface area contributed by atoms with Gasteiger partial charge >= 0.3 is 0 Å². The van der Waals surface area contributed by atoms with Crippen LogP contribution in [0.5, 0.6) is 11.5 Å². The molecule has 0 saturated carbocycles. The van der Waals surface area contributed by atoms with Crippen molar-refractivity contribution >= 4 is 22.9 Å². The van der Waals surface area contributed by atoms with Crippen molar-refractivity contribution in [1.29, 1.82) is 0 Å². The maximum absolute atomic E-state index is 5.89. The van der Waals surface area contributed by atoms with Crippen molar-refractivity contribution in [3.63, 3.8) is 0 Å². The van der Waals surface area contributed by atoms with Gasteiger partial charge in [-0.05, 0) is 23.8 Å². The Labute approximate surface area is 121 Å². The molecule has 0 bridgehead atoms. The second-order valence-electron chi connectivity index (χ2n) is 4.31. The minimum absolute atomic E-state index is 0.623. The molecule has 1 aliphatic rings. The van der Waals surface area contributed by atoms with Crippen molar-refractivity contribution in [1.82, 2.24) is 5.32 Å². The SMILES string of the molecule is Clc1csc(CNCc2ccc3c(c2)OCCO3)c1. The number of hydrogen-bond donors (Lipinski definition) is 1. The Morgan fingerprint density at radius 3 is 2.74 bits per heavy atom. The fourth-order valence-electron chi connectivity index (χ4n) is 1.97. The molecule has 0 aliphatic carbocycles. The van der Waals surface area contributed by atoms with Gasteiger partial charge in [-0.1, -0.05) is 17.7 Å². The molecule has 0 atom stereocenters. The van der Waals surface area contributed by atoms with Crippen molar-refractivity contribution in [3.8, 4) is 11.5 Å². The van der Waals surface area contributed by atoms with E-state index in [9.17, 15) is 0 Å². The molecular formula is C14H14ClNO2S. The minimum atomic E-state index is 0.623. The lowest BCUT2D eigenvalue weighted by molar-refractivity contribution is 0.171. The first-order valence-corrected chi connectivity index (χ1v) is 7.39. The minimum Gasteiger partial charge on any atom is -0.486 e. The zero-order valence-electron chi connectivity index (χ0n) is 10.3. The van der Waals surface area contributed by atoms with Crippen LogP contribution in [0.25, 0.3) is 0 Å². The van der Waals surface area contributed by atoms with Gasteiger partial charge in [0.05, 0.1) is 5.02 Å². The highest BCUT2D eigenvalue weighted by Crippen LogP contribution is 2.30. The van der Waals surface area contributed by atoms with Crippen LogP contribution in [0.15, 0.2) is 29.6 Å². The number of fused-ring (bicyclic) bond motifs is 1. The van der Waals surface area contributed by atoms with E-state index in [4.69, 9.17) is 21.1 Å². The van der Waals surface area contributed by atoms with Gasteiger partial charge in [0.1, 0.15) is 13.2 Å². The Kier molecular flexibility index (Phi) is 3.92. The molecule has 0 fully saturated rings. The van der Waals surface area contributed by atoms with Crippen molar-refractivity contribution in [2.75, 3.05) is 13.2 Å². The van der Waals surface area contributed by atoms with E-state index in [0.717, 1.165) is 29.6 Å². The third-order valence-electron chi connectivity index (χ3n) is 2.86. The van der Waals surface area contributed by atoms with Gasteiger partial charge in [0, 0.05) is 23.3 Å². The summed E-state index contributed by atoms with van der Waals surface area (Å²) in [6.45, 7) is 2.87. The summed E-state index contributed by atoms with van der Waals surface area (Å²) in [6, 6.07) is 8.04. The summed E-state index contributed by atoms with van der Waals surface area (Å²) in [4.78, 5) is 1.24. The number of nitrogens with one attached hydrogen (secondary N) is 1. The third kappa shape index (κ3) is 3.21. The first-order valence-electron chi connectivity index (χ1n) is 6.13. The largest absolute Gasteiger partial charge is 0.486 e. The number of hydrogen-bond acceptors (Lipinski definition) is 4. The number of benzene rings is 1. The fourth-order valence-corrected chi connectivity index (χ4v) is 3.02. The van der Waals surface area contributed by atoms with E-state index in [1.165, 1.54) is 10.4 Å². The smallest absolute Gasteiger partial charge is 0.161 e. The molecule has 3 rings (SSSR count). The van der Waals surface area contributed by atoms with Gasteiger partial charge in [-0.25, -0.2) is 0 Å². The summed E-state index contributed by atoms with van der Waals surface area (Å²) >= 11 is 7.56. The van der Waals surface area contributed by atoms with Crippen LogP contribution in [-0.2, 0) is 13.1 Å². The summed E-state index contributed by atoms with van der Waals surface area (Å²) in [5.41, 5.74) is 1.19. The van der Waals surface area contributed by atoms with Crippen LogP contribution >= 0.6 is 22.9 Å². The molecular weight excluding hydrogens is 282 g/mol. The number of halogens is 1. The second-order valence-corrected chi connectivity index (χ2v) is 5.75. The topological polar surface area (TPSA) is 30.5 Å². The molecule has 3 nitrogen and oxygen atoms in total. The van der Waals surface area contributed by atoms with Crippen LogP contribution in [0, 0.1) is 0 Å². The summed E-state index contributed by atoms with van der Waals surface area (Å²) in [5, 5.41) is 6.15. The van der Waals surface area contributed by atoms with E-state index < -0.39 is 0 Å². The molecule has 2 aromatic rings. The Bertz CT molecular complexity index is 570. The molecule has 1 N–H and O–H groups in total. The molecule has 100 valence electrons. The highest BCUT2D eigenvalue weighted by molar-refractivity contribution is 7.10. The molecule has 0 radical (unpaired) electrons. The van der Waals surface area contributed by atoms with Crippen LogP contribution in [0.1, 0.15) is 10.4 Å². The Morgan fingerprint density at radius 1 is 1.11 bits per heavy atom. The lowest BCUT2D eigenvalue weighted by Gasteiger charge is -2.18. The van der Waals surface area contributed by atoms with Gasteiger partial charge in [0.25, 0.3) is 0 Å². The van der Waals surface area contributed by atoms with Crippen molar-refractivity contribution in [3.05, 3.63) is 45.1 Å². The van der Waals surface area contributed by atoms with Crippen LogP contribution in [0.2, 0.25) is 5.02 Å². The Morgan fingerprint density at radius 2 is 1.95 bits per heavy atom. The molecule has 19 heavy (non-hydrogen) atoms. The van der Waals surface area contributed by atoms with Gasteiger partial charge in [0.15, 0.2) is 11.5 Å². The van der Waals surface area contributed by atoms with Gasteiger partial charge < -0.3 is 14.8 Å². The molecule has 0 unspecified atom stereocenters. The van der Waals surface area contributed by atoms with E-state index in [2.05, 4.69) is 11.4 Å². The monoisotopic (exact) mass is 295 g/mol. The van der Waals surface area contributed by atoms with Crippen molar-refractivity contribution in [2.45, 2.75) is 13.1 Å². The molecule has 0 saturated heterocycles. The van der Waals surface area contributed by atoms with E-state index in [0.29, 0.717) is 13.2 Å². The molecule has 2 heterocycles. The second kappa shape index (κ2) is 5.82. The van der Waals surface area contributed by atoms with Crippen LogP contribution < -0.4 is 14.8 Å². The molecule has 0 spiro atoms. The van der Waals surface area contributed by atoms with E-state index in [-0.39, 0.29) is 0 Å². The van der Waals surface area contributed by atoms with Gasteiger partial charge in [-0.2, -0.15) is 0 Å². The van der Waals surface area contributed by atoms with E-state index in [1.54, 1.807) is 11.3 Å². The fraction of sp³-hybridized carbons (Fsp3) is 0.286. The Hall–Kier alpha value is -1.23. The summed E-state index contributed by atoms with van der Waals surface area (Å²) in [5.74, 6) is 1.67. The number of thiophene rings is 1. The predicted molar refractivity (Wildman–Crippen MR) is 77.3 cm³/mol. The lowest BCUT2D eigenvalue weighted by atomic mass is 10.2. The molecule has 1 aliphatic heterocycles. The van der Waals surface area contributed by atoms with E-state index in [1.807, 2.05) is 23.6 Å². The lowest BCUT2D eigenvalue weighted by Crippen LogP contribution is -2.16.